The maximum Gasteiger partial charge on any atom is 0.225 e. The molecule has 2 saturated carbocycles. The van der Waals surface area contributed by atoms with Crippen LogP contribution >= 0.6 is 0 Å². The van der Waals surface area contributed by atoms with Crippen molar-refractivity contribution in [2.75, 3.05) is 11.4 Å². The molecule has 2 heterocycles. The summed E-state index contributed by atoms with van der Waals surface area (Å²) in [7, 11) is 1.80. The van der Waals surface area contributed by atoms with Crippen molar-refractivity contribution >= 4 is 5.95 Å². The normalized spacial score (nSPS) is 23.6. The molecule has 0 amide bonds. The van der Waals surface area contributed by atoms with E-state index in [0.29, 0.717) is 18.4 Å². The highest BCUT2D eigenvalue weighted by molar-refractivity contribution is 5.30. The summed E-state index contributed by atoms with van der Waals surface area (Å²) in [4.78, 5) is 12.0. The first-order chi connectivity index (χ1) is 11.7. The van der Waals surface area contributed by atoms with Crippen LogP contribution in [0, 0.1) is 23.6 Å². The Morgan fingerprint density at radius 3 is 2.62 bits per heavy atom. The van der Waals surface area contributed by atoms with Crippen LogP contribution in [0.15, 0.2) is 18.6 Å². The lowest BCUT2D eigenvalue weighted by Gasteiger charge is -2.22. The van der Waals surface area contributed by atoms with Crippen LogP contribution in [0.5, 0.6) is 0 Å². The summed E-state index contributed by atoms with van der Waals surface area (Å²) in [6.45, 7) is 1.51. The van der Waals surface area contributed by atoms with Crippen LogP contribution in [0.1, 0.15) is 37.8 Å². The minimum absolute atomic E-state index is 0.409. The van der Waals surface area contributed by atoms with E-state index in [4.69, 9.17) is 0 Å². The lowest BCUT2D eigenvalue weighted by molar-refractivity contribution is 0.445. The zero-order chi connectivity index (χ0) is 16.5. The Balaban J connectivity index is 1.46. The Hall–Kier alpha value is -2.05. The Bertz CT molecular complexity index is 679. The number of anilines is 1. The van der Waals surface area contributed by atoms with E-state index < -0.39 is 5.82 Å². The molecule has 6 nitrogen and oxygen atoms in total. The first kappa shape index (κ1) is 15.5. The molecule has 0 saturated heterocycles. The highest BCUT2D eigenvalue weighted by atomic mass is 19.1. The number of hydrogen-bond acceptors (Lipinski definition) is 5. The fraction of sp³-hybridized carbons (Fsp3) is 0.647. The van der Waals surface area contributed by atoms with Crippen molar-refractivity contribution < 1.29 is 4.39 Å². The third kappa shape index (κ3) is 3.39. The van der Waals surface area contributed by atoms with Gasteiger partial charge in [-0.2, -0.15) is 15.0 Å². The molecule has 2 unspecified atom stereocenters. The molecule has 2 aliphatic carbocycles. The smallest absolute Gasteiger partial charge is 0.225 e. The molecule has 2 atom stereocenters. The summed E-state index contributed by atoms with van der Waals surface area (Å²) in [6, 6.07) is 0. The largest absolute Gasteiger partial charge is 0.335 e. The second-order valence-corrected chi connectivity index (χ2v) is 7.11. The molecular weight excluding hydrogens is 307 g/mol. The van der Waals surface area contributed by atoms with Gasteiger partial charge in [0.2, 0.25) is 5.95 Å². The molecule has 2 aliphatic rings. The third-order valence-electron chi connectivity index (χ3n) is 5.33. The van der Waals surface area contributed by atoms with Crippen LogP contribution in [0.4, 0.5) is 10.3 Å². The van der Waals surface area contributed by atoms with E-state index in [1.807, 2.05) is 0 Å². The Morgan fingerprint density at radius 1 is 1.21 bits per heavy atom. The topological polar surface area (TPSA) is 59.7 Å². The van der Waals surface area contributed by atoms with Crippen LogP contribution in [0.2, 0.25) is 0 Å². The molecular formula is C17H23FN6. The summed E-state index contributed by atoms with van der Waals surface area (Å²) < 4.78 is 13.2. The van der Waals surface area contributed by atoms with Gasteiger partial charge in [-0.3, -0.25) is 0 Å². The fourth-order valence-corrected chi connectivity index (χ4v) is 4.07. The van der Waals surface area contributed by atoms with Crippen LogP contribution in [-0.2, 0) is 13.6 Å². The predicted molar refractivity (Wildman–Crippen MR) is 87.6 cm³/mol. The Morgan fingerprint density at radius 2 is 1.96 bits per heavy atom. The number of rotatable bonds is 6. The van der Waals surface area contributed by atoms with Crippen LogP contribution in [0.3, 0.4) is 0 Å². The molecule has 0 radical (unpaired) electrons. The summed E-state index contributed by atoms with van der Waals surface area (Å²) in [5, 5.41) is 8.48. The minimum Gasteiger partial charge on any atom is -0.335 e. The molecule has 4 rings (SSSR count). The molecule has 0 spiro atoms. The Labute approximate surface area is 141 Å². The van der Waals surface area contributed by atoms with Gasteiger partial charge in [-0.1, -0.05) is 25.7 Å². The zero-order valence-electron chi connectivity index (χ0n) is 14.0. The summed E-state index contributed by atoms with van der Waals surface area (Å²) in [5.41, 5.74) is 0.878. The molecule has 0 aromatic carbocycles. The molecule has 7 heteroatoms. The quantitative estimate of drug-likeness (QED) is 0.815. The van der Waals surface area contributed by atoms with Crippen LogP contribution in [-0.4, -0.2) is 31.5 Å². The van der Waals surface area contributed by atoms with E-state index >= 15 is 0 Å². The molecule has 128 valence electrons. The summed E-state index contributed by atoms with van der Waals surface area (Å²) >= 11 is 0. The lowest BCUT2D eigenvalue weighted by atomic mass is 10.0. The van der Waals surface area contributed by atoms with E-state index in [0.717, 1.165) is 24.1 Å². The van der Waals surface area contributed by atoms with Crippen molar-refractivity contribution in [1.29, 1.82) is 0 Å². The van der Waals surface area contributed by atoms with E-state index in [1.54, 1.807) is 18.0 Å². The molecule has 2 fully saturated rings. The summed E-state index contributed by atoms with van der Waals surface area (Å²) in [5.74, 6) is 2.60. The molecule has 0 N–H and O–H groups in total. The highest BCUT2D eigenvalue weighted by Gasteiger charge is 2.44. The maximum absolute atomic E-state index is 13.2. The van der Waals surface area contributed by atoms with E-state index in [1.165, 1.54) is 44.5 Å². The van der Waals surface area contributed by atoms with Crippen molar-refractivity contribution in [3.05, 3.63) is 30.1 Å². The van der Waals surface area contributed by atoms with Crippen molar-refractivity contribution in [2.45, 2.75) is 38.6 Å². The summed E-state index contributed by atoms with van der Waals surface area (Å²) in [6.07, 6.45) is 11.1. The average Bonchev–Trinajstić information content (AvgIpc) is 2.97. The molecule has 2 aromatic rings. The molecule has 2 aromatic heterocycles. The number of halogens is 1. The standard InChI is InChI=1S/C17H23FN6/c1-23-21-9-15(22-23)11-24(17-19-7-14(18)8-20-17)10-13-6-16(13)12-4-2-3-5-12/h7-9,12-13,16H,2-6,10-11H2,1H3. The van der Waals surface area contributed by atoms with Gasteiger partial charge in [-0.05, 0) is 24.2 Å². The molecule has 24 heavy (non-hydrogen) atoms. The average molecular weight is 330 g/mol. The van der Waals surface area contributed by atoms with Crippen molar-refractivity contribution in [2.24, 2.45) is 24.8 Å². The highest BCUT2D eigenvalue weighted by Crippen LogP contribution is 2.50. The minimum atomic E-state index is -0.409. The van der Waals surface area contributed by atoms with Gasteiger partial charge in [0, 0.05) is 13.6 Å². The van der Waals surface area contributed by atoms with Crippen molar-refractivity contribution in [3.8, 4) is 0 Å². The van der Waals surface area contributed by atoms with Gasteiger partial charge >= 0.3 is 0 Å². The number of hydrogen-bond donors (Lipinski definition) is 0. The fourth-order valence-electron chi connectivity index (χ4n) is 4.07. The van der Waals surface area contributed by atoms with Gasteiger partial charge in [-0.25, -0.2) is 14.4 Å². The molecule has 0 aliphatic heterocycles. The van der Waals surface area contributed by atoms with Gasteiger partial charge < -0.3 is 4.90 Å². The number of nitrogens with zero attached hydrogens (tertiary/aromatic N) is 6. The first-order valence-electron chi connectivity index (χ1n) is 8.77. The van der Waals surface area contributed by atoms with E-state index in [-0.39, 0.29) is 0 Å². The predicted octanol–water partition coefficient (Wildman–Crippen LogP) is 2.58. The van der Waals surface area contributed by atoms with E-state index in [9.17, 15) is 4.39 Å². The van der Waals surface area contributed by atoms with Crippen LogP contribution < -0.4 is 4.90 Å². The van der Waals surface area contributed by atoms with Gasteiger partial charge in [-0.15, -0.1) is 0 Å². The SMILES string of the molecule is Cn1ncc(CN(CC2CC2C2CCCC2)c2ncc(F)cn2)n1. The van der Waals surface area contributed by atoms with Crippen molar-refractivity contribution in [1.82, 2.24) is 25.0 Å². The number of aryl methyl sites for hydroxylation is 1. The lowest BCUT2D eigenvalue weighted by Crippen LogP contribution is -2.28. The second kappa shape index (κ2) is 6.45. The Kier molecular flexibility index (Phi) is 4.16. The van der Waals surface area contributed by atoms with Crippen LogP contribution in [0.25, 0.3) is 0 Å². The van der Waals surface area contributed by atoms with Gasteiger partial charge in [0.1, 0.15) is 5.69 Å². The van der Waals surface area contributed by atoms with E-state index in [2.05, 4.69) is 25.1 Å². The van der Waals surface area contributed by atoms with Gasteiger partial charge in [0.25, 0.3) is 0 Å². The third-order valence-corrected chi connectivity index (χ3v) is 5.33. The molecule has 0 bridgehead atoms. The van der Waals surface area contributed by atoms with Gasteiger partial charge in [0.15, 0.2) is 5.82 Å². The monoisotopic (exact) mass is 330 g/mol. The zero-order valence-corrected chi connectivity index (χ0v) is 14.0. The van der Waals surface area contributed by atoms with Gasteiger partial charge in [0.05, 0.1) is 25.1 Å². The number of aromatic nitrogens is 5. The van der Waals surface area contributed by atoms with Crippen molar-refractivity contribution in [3.63, 3.8) is 0 Å². The first-order valence-corrected chi connectivity index (χ1v) is 8.77. The second-order valence-electron chi connectivity index (χ2n) is 7.11. The maximum atomic E-state index is 13.2.